The molecule has 0 radical (unpaired) electrons. The van der Waals surface area contributed by atoms with Gasteiger partial charge in [0.1, 0.15) is 0 Å². The van der Waals surface area contributed by atoms with Crippen molar-refractivity contribution in [2.45, 2.75) is 0 Å². The Morgan fingerprint density at radius 1 is 1.26 bits per heavy atom. The Kier molecular flexibility index (Phi) is 2.82. The third-order valence-corrected chi connectivity index (χ3v) is 2.51. The number of amides is 1. The van der Waals surface area contributed by atoms with Gasteiger partial charge in [-0.1, -0.05) is 0 Å². The number of aromatic nitrogens is 3. The molecule has 0 aliphatic rings. The summed E-state index contributed by atoms with van der Waals surface area (Å²) in [5, 5.41) is 6.87. The van der Waals surface area contributed by atoms with Gasteiger partial charge in [-0.25, -0.2) is 4.68 Å². The maximum atomic E-state index is 11.8. The van der Waals surface area contributed by atoms with E-state index in [1.54, 1.807) is 41.6 Å². The molecule has 3 aromatic rings. The van der Waals surface area contributed by atoms with E-state index in [0.29, 0.717) is 5.69 Å². The van der Waals surface area contributed by atoms with Gasteiger partial charge in [0, 0.05) is 12.4 Å². The first kappa shape index (κ1) is 11.2. The summed E-state index contributed by atoms with van der Waals surface area (Å²) in [6.07, 6.45) is 8.10. The average Bonchev–Trinajstić information content (AvgIpc) is 3.11. The molecule has 3 aromatic heterocycles. The molecule has 0 saturated heterocycles. The van der Waals surface area contributed by atoms with Crippen molar-refractivity contribution < 1.29 is 9.21 Å². The van der Waals surface area contributed by atoms with Crippen LogP contribution < -0.4 is 5.32 Å². The zero-order chi connectivity index (χ0) is 13.1. The van der Waals surface area contributed by atoms with Crippen LogP contribution in [0.1, 0.15) is 10.6 Å². The van der Waals surface area contributed by atoms with Crippen molar-refractivity contribution >= 4 is 11.6 Å². The highest BCUT2D eigenvalue weighted by Gasteiger charge is 2.10. The second kappa shape index (κ2) is 4.77. The monoisotopic (exact) mass is 254 g/mol. The first-order chi connectivity index (χ1) is 9.33. The van der Waals surface area contributed by atoms with E-state index in [-0.39, 0.29) is 11.7 Å². The second-order valence-electron chi connectivity index (χ2n) is 3.81. The van der Waals surface area contributed by atoms with Gasteiger partial charge in [0.15, 0.2) is 5.76 Å². The number of hydrogen-bond donors (Lipinski definition) is 1. The van der Waals surface area contributed by atoms with Crippen molar-refractivity contribution in [3.05, 3.63) is 61.1 Å². The van der Waals surface area contributed by atoms with E-state index in [1.807, 2.05) is 12.1 Å². The first-order valence-corrected chi connectivity index (χ1v) is 5.63. The van der Waals surface area contributed by atoms with Gasteiger partial charge in [-0.3, -0.25) is 9.78 Å². The molecule has 6 heteroatoms. The minimum atomic E-state index is -0.306. The van der Waals surface area contributed by atoms with Crippen LogP contribution >= 0.6 is 0 Å². The molecule has 1 N–H and O–H groups in total. The van der Waals surface area contributed by atoms with Gasteiger partial charge in [-0.2, -0.15) is 5.10 Å². The quantitative estimate of drug-likeness (QED) is 0.776. The lowest BCUT2D eigenvalue weighted by Gasteiger charge is -1.99. The molecule has 0 fully saturated rings. The Balaban J connectivity index is 1.77. The van der Waals surface area contributed by atoms with Crippen LogP contribution in [0.3, 0.4) is 0 Å². The van der Waals surface area contributed by atoms with E-state index in [0.717, 1.165) is 5.69 Å². The van der Waals surface area contributed by atoms with Gasteiger partial charge in [0.2, 0.25) is 0 Å². The number of nitrogens with zero attached hydrogens (tertiary/aromatic N) is 3. The van der Waals surface area contributed by atoms with Gasteiger partial charge < -0.3 is 9.73 Å². The van der Waals surface area contributed by atoms with E-state index < -0.39 is 0 Å². The van der Waals surface area contributed by atoms with Gasteiger partial charge >= 0.3 is 0 Å². The van der Waals surface area contributed by atoms with E-state index in [2.05, 4.69) is 15.4 Å². The van der Waals surface area contributed by atoms with Gasteiger partial charge in [-0.05, 0) is 24.3 Å². The summed E-state index contributed by atoms with van der Waals surface area (Å²) >= 11 is 0. The largest absolute Gasteiger partial charge is 0.459 e. The molecule has 0 bridgehead atoms. The number of carbonyl (C=O) groups is 1. The lowest BCUT2D eigenvalue weighted by molar-refractivity contribution is 0.0996. The summed E-state index contributed by atoms with van der Waals surface area (Å²) in [4.78, 5) is 15.7. The number of rotatable bonds is 3. The van der Waals surface area contributed by atoms with Crippen molar-refractivity contribution in [1.29, 1.82) is 0 Å². The van der Waals surface area contributed by atoms with Crippen LogP contribution in [0.5, 0.6) is 0 Å². The number of carbonyl (C=O) groups excluding carboxylic acids is 1. The summed E-state index contributed by atoms with van der Waals surface area (Å²) < 4.78 is 6.66. The first-order valence-electron chi connectivity index (χ1n) is 5.63. The fourth-order valence-corrected chi connectivity index (χ4v) is 1.63. The Labute approximate surface area is 108 Å². The van der Waals surface area contributed by atoms with Gasteiger partial charge in [-0.15, -0.1) is 0 Å². The number of pyridine rings is 1. The van der Waals surface area contributed by atoms with Crippen molar-refractivity contribution in [1.82, 2.24) is 14.8 Å². The SMILES string of the molecule is O=C(Nc1cnn(-c2ccncc2)c1)c1ccco1. The summed E-state index contributed by atoms with van der Waals surface area (Å²) in [6.45, 7) is 0. The highest BCUT2D eigenvalue weighted by atomic mass is 16.3. The Morgan fingerprint density at radius 3 is 2.84 bits per heavy atom. The number of furan rings is 1. The molecule has 1 amide bonds. The molecule has 3 rings (SSSR count). The van der Waals surface area contributed by atoms with Crippen LogP contribution in [0.4, 0.5) is 5.69 Å². The molecule has 94 valence electrons. The number of anilines is 1. The molecular weight excluding hydrogens is 244 g/mol. The standard InChI is InChI=1S/C13H10N4O2/c18-13(12-2-1-7-19-12)16-10-8-15-17(9-10)11-3-5-14-6-4-11/h1-9H,(H,16,18). The van der Waals surface area contributed by atoms with Crippen molar-refractivity contribution in [2.24, 2.45) is 0 Å². The van der Waals surface area contributed by atoms with E-state index in [4.69, 9.17) is 4.42 Å². The minimum Gasteiger partial charge on any atom is -0.459 e. The number of nitrogens with one attached hydrogen (secondary N) is 1. The highest BCUT2D eigenvalue weighted by Crippen LogP contribution is 2.12. The van der Waals surface area contributed by atoms with Crippen LogP contribution in [0, 0.1) is 0 Å². The predicted octanol–water partition coefficient (Wildman–Crippen LogP) is 2.11. The third-order valence-electron chi connectivity index (χ3n) is 2.51. The fraction of sp³-hybridized carbons (Fsp3) is 0. The van der Waals surface area contributed by atoms with E-state index in [1.165, 1.54) is 6.26 Å². The van der Waals surface area contributed by atoms with Crippen LogP contribution in [-0.4, -0.2) is 20.7 Å². The highest BCUT2D eigenvalue weighted by molar-refractivity contribution is 6.02. The molecule has 6 nitrogen and oxygen atoms in total. The molecule has 19 heavy (non-hydrogen) atoms. The number of hydrogen-bond acceptors (Lipinski definition) is 4. The van der Waals surface area contributed by atoms with Gasteiger partial charge in [0.05, 0.1) is 30.0 Å². The summed E-state index contributed by atoms with van der Waals surface area (Å²) in [5.41, 5.74) is 1.46. The van der Waals surface area contributed by atoms with Gasteiger partial charge in [0.25, 0.3) is 5.91 Å². The molecule has 0 aliphatic carbocycles. The lowest BCUT2D eigenvalue weighted by atomic mass is 10.4. The molecular formula is C13H10N4O2. The molecule has 0 spiro atoms. The zero-order valence-corrected chi connectivity index (χ0v) is 9.85. The minimum absolute atomic E-state index is 0.261. The Bertz CT molecular complexity index is 674. The summed E-state index contributed by atoms with van der Waals surface area (Å²) in [6, 6.07) is 6.91. The van der Waals surface area contributed by atoms with E-state index in [9.17, 15) is 4.79 Å². The van der Waals surface area contributed by atoms with Crippen molar-refractivity contribution in [3.8, 4) is 5.69 Å². The summed E-state index contributed by atoms with van der Waals surface area (Å²) in [5.74, 6) is -0.0454. The predicted molar refractivity (Wildman–Crippen MR) is 68.0 cm³/mol. The summed E-state index contributed by atoms with van der Waals surface area (Å²) in [7, 11) is 0. The topological polar surface area (TPSA) is 73.0 Å². The molecule has 0 unspecified atom stereocenters. The van der Waals surface area contributed by atoms with Crippen LogP contribution in [0.15, 0.2) is 59.7 Å². The van der Waals surface area contributed by atoms with Crippen LogP contribution in [0.25, 0.3) is 5.69 Å². The van der Waals surface area contributed by atoms with E-state index >= 15 is 0 Å². The normalized spacial score (nSPS) is 10.3. The fourth-order valence-electron chi connectivity index (χ4n) is 1.63. The van der Waals surface area contributed by atoms with Crippen molar-refractivity contribution in [2.75, 3.05) is 5.32 Å². The molecule has 0 aromatic carbocycles. The lowest BCUT2D eigenvalue weighted by Crippen LogP contribution is -2.10. The van der Waals surface area contributed by atoms with Crippen LogP contribution in [0.2, 0.25) is 0 Å². The maximum absolute atomic E-state index is 11.8. The second-order valence-corrected chi connectivity index (χ2v) is 3.81. The zero-order valence-electron chi connectivity index (χ0n) is 9.85. The molecule has 0 aliphatic heterocycles. The van der Waals surface area contributed by atoms with Crippen molar-refractivity contribution in [3.63, 3.8) is 0 Å². The van der Waals surface area contributed by atoms with Crippen LogP contribution in [-0.2, 0) is 0 Å². The third kappa shape index (κ3) is 2.37. The maximum Gasteiger partial charge on any atom is 0.291 e. The Morgan fingerprint density at radius 2 is 2.11 bits per heavy atom. The molecule has 3 heterocycles. The smallest absolute Gasteiger partial charge is 0.291 e. The molecule has 0 atom stereocenters. The molecule has 0 saturated carbocycles. The Hall–Kier alpha value is -2.89. The average molecular weight is 254 g/mol.